The summed E-state index contributed by atoms with van der Waals surface area (Å²) < 4.78 is 11.7. The van der Waals surface area contributed by atoms with Gasteiger partial charge in [0.15, 0.2) is 0 Å². The fourth-order valence-electron chi connectivity index (χ4n) is 1.96. The Bertz CT molecular complexity index is 803. The predicted molar refractivity (Wildman–Crippen MR) is 96.6 cm³/mol. The van der Waals surface area contributed by atoms with Gasteiger partial charge in [0.25, 0.3) is 0 Å². The molecule has 24 heavy (non-hydrogen) atoms. The van der Waals surface area contributed by atoms with Crippen LogP contribution in [0.1, 0.15) is 5.69 Å². The zero-order valence-electron chi connectivity index (χ0n) is 12.6. The zero-order chi connectivity index (χ0) is 16.8. The normalized spacial score (nSPS) is 10.5. The number of nitrogens with zero attached hydrogens (tertiary/aromatic N) is 1. The zero-order valence-corrected chi connectivity index (χ0v) is 15.0. The molecule has 0 bridgehead atoms. The first-order chi connectivity index (χ1) is 11.7. The second-order valence-electron chi connectivity index (χ2n) is 4.91. The van der Waals surface area contributed by atoms with Gasteiger partial charge >= 0.3 is 5.97 Å². The lowest BCUT2D eigenvalue weighted by Gasteiger charge is -2.03. The van der Waals surface area contributed by atoms with Gasteiger partial charge in [0.1, 0.15) is 18.6 Å². The Morgan fingerprint density at radius 1 is 1.12 bits per heavy atom. The molecule has 0 atom stereocenters. The topological polar surface area (TPSA) is 52.3 Å². The Labute approximate surface area is 152 Å². The molecule has 0 aliphatic heterocycles. The van der Waals surface area contributed by atoms with E-state index in [0.717, 1.165) is 14.9 Å². The summed E-state index contributed by atoms with van der Waals surface area (Å²) in [7, 11) is 0. The number of rotatable bonds is 6. The first-order valence-electron chi connectivity index (χ1n) is 7.24. The van der Waals surface area contributed by atoms with E-state index in [9.17, 15) is 4.79 Å². The molecule has 0 radical (unpaired) electrons. The molecule has 1 heterocycles. The Morgan fingerprint density at radius 2 is 1.88 bits per heavy atom. The molecule has 2 aromatic carbocycles. The number of benzene rings is 2. The van der Waals surface area contributed by atoms with Crippen LogP contribution < -0.4 is 0 Å². The van der Waals surface area contributed by atoms with E-state index in [1.54, 1.807) is 0 Å². The van der Waals surface area contributed by atoms with Gasteiger partial charge < -0.3 is 9.15 Å². The summed E-state index contributed by atoms with van der Waals surface area (Å²) in [5, 5.41) is 0. The SMILES string of the molecule is O=C(CSc1ccc(Br)cc1)OCc1coc(-c2ccccc2)n1. The minimum atomic E-state index is -0.285. The van der Waals surface area contributed by atoms with Crippen LogP contribution >= 0.6 is 27.7 Å². The third kappa shape index (κ3) is 4.72. The molecule has 1 aromatic heterocycles. The molecular weight excluding hydrogens is 390 g/mol. The smallest absolute Gasteiger partial charge is 0.316 e. The number of halogens is 1. The lowest BCUT2D eigenvalue weighted by Crippen LogP contribution is -2.07. The van der Waals surface area contributed by atoms with Crippen LogP contribution in [0.25, 0.3) is 11.5 Å². The minimum absolute atomic E-state index is 0.107. The first-order valence-corrected chi connectivity index (χ1v) is 9.02. The third-order valence-electron chi connectivity index (χ3n) is 3.12. The van der Waals surface area contributed by atoms with Crippen molar-refractivity contribution in [1.82, 2.24) is 4.98 Å². The average molecular weight is 404 g/mol. The first kappa shape index (κ1) is 16.8. The van der Waals surface area contributed by atoms with Crippen LogP contribution in [0, 0.1) is 0 Å². The van der Waals surface area contributed by atoms with E-state index in [0.29, 0.717) is 11.6 Å². The van der Waals surface area contributed by atoms with Crippen LogP contribution in [-0.4, -0.2) is 16.7 Å². The summed E-state index contributed by atoms with van der Waals surface area (Å²) >= 11 is 4.81. The summed E-state index contributed by atoms with van der Waals surface area (Å²) in [6.45, 7) is 0.107. The van der Waals surface area contributed by atoms with Crippen molar-refractivity contribution in [2.24, 2.45) is 0 Å². The fraction of sp³-hybridized carbons (Fsp3) is 0.111. The molecule has 3 rings (SSSR count). The molecule has 122 valence electrons. The summed E-state index contributed by atoms with van der Waals surface area (Å²) in [6, 6.07) is 17.4. The lowest BCUT2D eigenvalue weighted by molar-refractivity contribution is -0.141. The summed E-state index contributed by atoms with van der Waals surface area (Å²) in [6.07, 6.45) is 1.51. The molecular formula is C18H14BrNO3S. The highest BCUT2D eigenvalue weighted by Crippen LogP contribution is 2.21. The van der Waals surface area contributed by atoms with Crippen LogP contribution in [0.5, 0.6) is 0 Å². The monoisotopic (exact) mass is 403 g/mol. The fourth-order valence-corrected chi connectivity index (χ4v) is 2.92. The highest BCUT2D eigenvalue weighted by molar-refractivity contribution is 9.10. The average Bonchev–Trinajstić information content (AvgIpc) is 3.09. The number of aromatic nitrogens is 1. The van der Waals surface area contributed by atoms with Gasteiger partial charge in [-0.1, -0.05) is 34.1 Å². The van der Waals surface area contributed by atoms with Crippen molar-refractivity contribution in [3.05, 3.63) is 71.0 Å². The molecule has 0 aliphatic rings. The molecule has 0 fully saturated rings. The molecule has 0 saturated carbocycles. The van der Waals surface area contributed by atoms with Crippen molar-refractivity contribution < 1.29 is 13.9 Å². The van der Waals surface area contributed by atoms with Crippen LogP contribution in [0.15, 0.2) is 74.6 Å². The quantitative estimate of drug-likeness (QED) is 0.430. The highest BCUT2D eigenvalue weighted by Gasteiger charge is 2.09. The van der Waals surface area contributed by atoms with Crippen molar-refractivity contribution in [2.75, 3.05) is 5.75 Å². The lowest BCUT2D eigenvalue weighted by atomic mass is 10.2. The van der Waals surface area contributed by atoms with Crippen molar-refractivity contribution in [1.29, 1.82) is 0 Å². The van der Waals surface area contributed by atoms with Gasteiger partial charge in [-0.25, -0.2) is 4.98 Å². The number of thioether (sulfide) groups is 1. The second-order valence-corrected chi connectivity index (χ2v) is 6.88. The Morgan fingerprint density at radius 3 is 2.62 bits per heavy atom. The third-order valence-corrected chi connectivity index (χ3v) is 4.64. The predicted octanol–water partition coefficient (Wildman–Crippen LogP) is 4.94. The molecule has 4 nitrogen and oxygen atoms in total. The molecule has 0 saturated heterocycles. The molecule has 0 aliphatic carbocycles. The van der Waals surface area contributed by atoms with Gasteiger partial charge in [-0.05, 0) is 36.4 Å². The van der Waals surface area contributed by atoms with E-state index in [2.05, 4.69) is 20.9 Å². The maximum atomic E-state index is 11.8. The van der Waals surface area contributed by atoms with E-state index in [4.69, 9.17) is 9.15 Å². The number of hydrogen-bond donors (Lipinski definition) is 0. The van der Waals surface area contributed by atoms with Crippen molar-refractivity contribution in [2.45, 2.75) is 11.5 Å². The molecule has 0 amide bonds. The Hall–Kier alpha value is -2.05. The summed E-state index contributed by atoms with van der Waals surface area (Å²) in [4.78, 5) is 17.2. The van der Waals surface area contributed by atoms with Crippen LogP contribution in [0.2, 0.25) is 0 Å². The van der Waals surface area contributed by atoms with Crippen molar-refractivity contribution in [3.63, 3.8) is 0 Å². The number of carbonyl (C=O) groups is 1. The van der Waals surface area contributed by atoms with E-state index >= 15 is 0 Å². The van der Waals surface area contributed by atoms with Crippen LogP contribution in [0.4, 0.5) is 0 Å². The van der Waals surface area contributed by atoms with E-state index < -0.39 is 0 Å². The summed E-state index contributed by atoms with van der Waals surface area (Å²) in [5.74, 6) is 0.489. The molecule has 0 spiro atoms. The Kier molecular flexibility index (Phi) is 5.72. The molecule has 3 aromatic rings. The van der Waals surface area contributed by atoms with E-state index in [1.165, 1.54) is 18.0 Å². The minimum Gasteiger partial charge on any atom is -0.458 e. The number of hydrogen-bond acceptors (Lipinski definition) is 5. The maximum Gasteiger partial charge on any atom is 0.316 e. The van der Waals surface area contributed by atoms with Crippen LogP contribution in [-0.2, 0) is 16.1 Å². The van der Waals surface area contributed by atoms with Gasteiger partial charge in [-0.3, -0.25) is 4.79 Å². The number of carbonyl (C=O) groups excluding carboxylic acids is 1. The van der Waals surface area contributed by atoms with Crippen molar-refractivity contribution in [3.8, 4) is 11.5 Å². The standard InChI is InChI=1S/C18H14BrNO3S/c19-14-6-8-16(9-7-14)24-12-17(21)22-10-15-11-23-18(20-15)13-4-2-1-3-5-13/h1-9,11H,10,12H2. The number of oxazole rings is 1. The van der Waals surface area contributed by atoms with E-state index in [-0.39, 0.29) is 18.3 Å². The highest BCUT2D eigenvalue weighted by atomic mass is 79.9. The van der Waals surface area contributed by atoms with E-state index in [1.807, 2.05) is 54.6 Å². The largest absolute Gasteiger partial charge is 0.458 e. The van der Waals surface area contributed by atoms with Gasteiger partial charge in [0.05, 0.1) is 5.75 Å². The Balaban J connectivity index is 1.48. The molecule has 6 heteroatoms. The number of esters is 1. The maximum absolute atomic E-state index is 11.8. The molecule has 0 N–H and O–H groups in total. The summed E-state index contributed by atoms with van der Waals surface area (Å²) in [5.41, 5.74) is 1.48. The second kappa shape index (κ2) is 8.17. The van der Waals surface area contributed by atoms with Gasteiger partial charge in [0, 0.05) is 14.9 Å². The van der Waals surface area contributed by atoms with Gasteiger partial charge in [-0.2, -0.15) is 0 Å². The van der Waals surface area contributed by atoms with Crippen LogP contribution in [0.3, 0.4) is 0 Å². The van der Waals surface area contributed by atoms with Gasteiger partial charge in [-0.15, -0.1) is 11.8 Å². The molecule has 0 unspecified atom stereocenters. The number of ether oxygens (including phenoxy) is 1. The van der Waals surface area contributed by atoms with Gasteiger partial charge in [0.2, 0.25) is 5.89 Å². The van der Waals surface area contributed by atoms with Crippen molar-refractivity contribution >= 4 is 33.7 Å².